The van der Waals surface area contributed by atoms with Crippen molar-refractivity contribution in [3.05, 3.63) is 23.8 Å². The molecule has 174 valence electrons. The molecule has 1 aromatic rings. The van der Waals surface area contributed by atoms with Gasteiger partial charge in [0.2, 0.25) is 0 Å². The molecule has 2 heterocycles. The fraction of sp³-hybridized carbons (Fsp3) is 0.667. The number of hydrogen-bond donors (Lipinski definition) is 2. The van der Waals surface area contributed by atoms with Gasteiger partial charge in [-0.25, -0.2) is 0 Å². The standard InChI is InChI=1S/C21H32F3N5O2/c1-25-20(27-17-5-7-29(13-17)14-21(22,23)24)26-16-4-6-28(12-16)11-15-8-18(30-2)10-19(9-15)31-3/h8-10,16-17H,4-7,11-14H2,1-3H3,(H2,25,26,27). The molecular weight excluding hydrogens is 411 g/mol. The van der Waals surface area contributed by atoms with Gasteiger partial charge in [-0.2, -0.15) is 13.2 Å². The summed E-state index contributed by atoms with van der Waals surface area (Å²) < 4.78 is 48.5. The Hall–Kier alpha value is -2.20. The average Bonchev–Trinajstić information content (AvgIpc) is 3.34. The molecule has 2 unspecified atom stereocenters. The van der Waals surface area contributed by atoms with E-state index in [0.29, 0.717) is 25.5 Å². The normalized spacial score (nSPS) is 23.2. The van der Waals surface area contributed by atoms with Gasteiger partial charge >= 0.3 is 6.18 Å². The number of hydrogen-bond acceptors (Lipinski definition) is 5. The highest BCUT2D eigenvalue weighted by molar-refractivity contribution is 5.80. The molecule has 0 amide bonds. The molecule has 2 saturated heterocycles. The minimum absolute atomic E-state index is 0.0321. The Kier molecular flexibility index (Phi) is 7.88. The predicted molar refractivity (Wildman–Crippen MR) is 114 cm³/mol. The summed E-state index contributed by atoms with van der Waals surface area (Å²) in [5, 5.41) is 6.70. The molecular formula is C21H32F3N5O2. The van der Waals surface area contributed by atoms with Crippen LogP contribution in [0.1, 0.15) is 18.4 Å². The Morgan fingerprint density at radius 2 is 1.55 bits per heavy atom. The molecule has 10 heteroatoms. The van der Waals surface area contributed by atoms with Crippen LogP contribution >= 0.6 is 0 Å². The molecule has 0 aromatic heterocycles. The summed E-state index contributed by atoms with van der Waals surface area (Å²) in [6.45, 7) is 2.53. The quantitative estimate of drug-likeness (QED) is 0.497. The maximum absolute atomic E-state index is 12.6. The number of ether oxygens (including phenoxy) is 2. The fourth-order valence-corrected chi connectivity index (χ4v) is 4.22. The number of alkyl halides is 3. The Morgan fingerprint density at radius 3 is 2.06 bits per heavy atom. The third-order valence-corrected chi connectivity index (χ3v) is 5.67. The van der Waals surface area contributed by atoms with Gasteiger partial charge in [-0.05, 0) is 30.5 Å². The van der Waals surface area contributed by atoms with Crippen LogP contribution in [-0.4, -0.2) is 88.0 Å². The van der Waals surface area contributed by atoms with Gasteiger partial charge in [-0.3, -0.25) is 14.8 Å². The molecule has 0 aliphatic carbocycles. The Morgan fingerprint density at radius 1 is 1.00 bits per heavy atom. The van der Waals surface area contributed by atoms with E-state index in [4.69, 9.17) is 9.47 Å². The van der Waals surface area contributed by atoms with Gasteiger partial charge in [0.25, 0.3) is 0 Å². The van der Waals surface area contributed by atoms with Crippen molar-refractivity contribution in [1.29, 1.82) is 0 Å². The highest BCUT2D eigenvalue weighted by Crippen LogP contribution is 2.24. The maximum Gasteiger partial charge on any atom is 0.401 e. The van der Waals surface area contributed by atoms with Crippen LogP contribution in [-0.2, 0) is 6.54 Å². The van der Waals surface area contributed by atoms with Crippen molar-refractivity contribution < 1.29 is 22.6 Å². The second-order valence-corrected chi connectivity index (χ2v) is 8.14. The van der Waals surface area contributed by atoms with Crippen LogP contribution < -0.4 is 20.1 Å². The largest absolute Gasteiger partial charge is 0.497 e. The molecule has 31 heavy (non-hydrogen) atoms. The molecule has 3 rings (SSSR count). The smallest absolute Gasteiger partial charge is 0.401 e. The summed E-state index contributed by atoms with van der Waals surface area (Å²) >= 11 is 0. The van der Waals surface area contributed by atoms with Crippen molar-refractivity contribution in [2.75, 3.05) is 54.0 Å². The molecule has 0 saturated carbocycles. The number of guanidine groups is 1. The van der Waals surface area contributed by atoms with E-state index in [1.165, 1.54) is 4.90 Å². The van der Waals surface area contributed by atoms with Crippen LogP contribution in [0.15, 0.2) is 23.2 Å². The second-order valence-electron chi connectivity index (χ2n) is 8.14. The molecule has 1 aromatic carbocycles. The van der Waals surface area contributed by atoms with Gasteiger partial charge in [0, 0.05) is 57.9 Å². The third kappa shape index (κ3) is 7.17. The average molecular weight is 444 g/mol. The van der Waals surface area contributed by atoms with E-state index in [9.17, 15) is 13.2 Å². The number of halogens is 3. The van der Waals surface area contributed by atoms with Gasteiger partial charge in [-0.1, -0.05) is 0 Å². The molecule has 2 aliphatic rings. The minimum atomic E-state index is -4.16. The number of benzene rings is 1. The van der Waals surface area contributed by atoms with Gasteiger partial charge in [-0.15, -0.1) is 0 Å². The zero-order valence-electron chi connectivity index (χ0n) is 18.3. The number of likely N-dealkylation sites (tertiary alicyclic amines) is 2. The van der Waals surface area contributed by atoms with Crippen LogP contribution in [0.25, 0.3) is 0 Å². The lowest BCUT2D eigenvalue weighted by atomic mass is 10.2. The van der Waals surface area contributed by atoms with E-state index in [0.717, 1.165) is 43.1 Å². The first-order chi connectivity index (χ1) is 14.8. The highest BCUT2D eigenvalue weighted by Gasteiger charge is 2.34. The second kappa shape index (κ2) is 10.4. The number of nitrogens with one attached hydrogen (secondary N) is 2. The van der Waals surface area contributed by atoms with Crippen LogP contribution in [0.4, 0.5) is 13.2 Å². The molecule has 2 aliphatic heterocycles. The first kappa shape index (κ1) is 23.5. The summed E-state index contributed by atoms with van der Waals surface area (Å²) in [6.07, 6.45) is -2.52. The van der Waals surface area contributed by atoms with E-state index >= 15 is 0 Å². The minimum Gasteiger partial charge on any atom is -0.497 e. The topological polar surface area (TPSA) is 61.4 Å². The lowest BCUT2D eigenvalue weighted by Gasteiger charge is -2.22. The maximum atomic E-state index is 12.6. The van der Waals surface area contributed by atoms with Gasteiger partial charge < -0.3 is 20.1 Å². The van der Waals surface area contributed by atoms with E-state index in [1.807, 2.05) is 18.2 Å². The monoisotopic (exact) mass is 443 g/mol. The fourth-order valence-electron chi connectivity index (χ4n) is 4.22. The van der Waals surface area contributed by atoms with Crippen molar-refractivity contribution in [1.82, 2.24) is 20.4 Å². The van der Waals surface area contributed by atoms with Crippen LogP contribution in [0, 0.1) is 0 Å². The number of rotatable bonds is 7. The van der Waals surface area contributed by atoms with Crippen molar-refractivity contribution in [2.24, 2.45) is 4.99 Å². The summed E-state index contributed by atoms with van der Waals surface area (Å²) in [5.74, 6) is 2.18. The summed E-state index contributed by atoms with van der Waals surface area (Å²) in [4.78, 5) is 8.05. The van der Waals surface area contributed by atoms with Crippen molar-refractivity contribution >= 4 is 5.96 Å². The third-order valence-electron chi connectivity index (χ3n) is 5.67. The van der Waals surface area contributed by atoms with Gasteiger partial charge in [0.1, 0.15) is 11.5 Å². The lowest BCUT2D eigenvalue weighted by Crippen LogP contribution is -2.49. The summed E-state index contributed by atoms with van der Waals surface area (Å²) in [5.41, 5.74) is 1.12. The Bertz CT molecular complexity index is 737. The molecule has 0 bridgehead atoms. The van der Waals surface area contributed by atoms with Crippen LogP contribution in [0.5, 0.6) is 11.5 Å². The number of aliphatic imine (C=N–C) groups is 1. The zero-order valence-corrected chi connectivity index (χ0v) is 18.3. The van der Waals surface area contributed by atoms with Crippen molar-refractivity contribution in [3.63, 3.8) is 0 Å². The SMILES string of the molecule is CN=C(NC1CCN(Cc2cc(OC)cc(OC)c2)C1)NC1CCN(CC(F)(F)F)C1. The molecule has 7 nitrogen and oxygen atoms in total. The van der Waals surface area contributed by atoms with E-state index < -0.39 is 12.7 Å². The molecule has 2 N–H and O–H groups in total. The van der Waals surface area contributed by atoms with Crippen molar-refractivity contribution in [3.8, 4) is 11.5 Å². The molecule has 0 radical (unpaired) electrons. The van der Waals surface area contributed by atoms with Crippen LogP contribution in [0.3, 0.4) is 0 Å². The van der Waals surface area contributed by atoms with E-state index in [1.54, 1.807) is 21.3 Å². The number of methoxy groups -OCH3 is 2. The van der Waals surface area contributed by atoms with Crippen molar-refractivity contribution in [2.45, 2.75) is 37.6 Å². The van der Waals surface area contributed by atoms with Crippen LogP contribution in [0.2, 0.25) is 0 Å². The first-order valence-electron chi connectivity index (χ1n) is 10.5. The zero-order chi connectivity index (χ0) is 22.4. The highest BCUT2D eigenvalue weighted by atomic mass is 19.4. The first-order valence-corrected chi connectivity index (χ1v) is 10.5. The van der Waals surface area contributed by atoms with Gasteiger partial charge in [0.15, 0.2) is 5.96 Å². The molecule has 2 atom stereocenters. The van der Waals surface area contributed by atoms with Gasteiger partial charge in [0.05, 0.1) is 20.8 Å². The van der Waals surface area contributed by atoms with E-state index in [-0.39, 0.29) is 12.1 Å². The summed E-state index contributed by atoms with van der Waals surface area (Å²) in [6, 6.07) is 6.07. The Balaban J connectivity index is 1.47. The van der Waals surface area contributed by atoms with E-state index in [2.05, 4.69) is 20.5 Å². The molecule has 2 fully saturated rings. The Labute approximate surface area is 181 Å². The molecule has 0 spiro atoms. The number of nitrogens with zero attached hydrogens (tertiary/aromatic N) is 3. The lowest BCUT2D eigenvalue weighted by molar-refractivity contribution is -0.143. The predicted octanol–water partition coefficient (Wildman–Crippen LogP) is 2.08. The summed E-state index contributed by atoms with van der Waals surface area (Å²) in [7, 11) is 4.96.